The number of nitrogen functional groups attached to an aromatic ring is 1. The Labute approximate surface area is 106 Å². The molecule has 0 amide bonds. The van der Waals surface area contributed by atoms with Gasteiger partial charge in [0.25, 0.3) is 0 Å². The van der Waals surface area contributed by atoms with Gasteiger partial charge < -0.3 is 5.73 Å². The number of benzene rings is 1. The van der Waals surface area contributed by atoms with Crippen molar-refractivity contribution in [2.45, 2.75) is 19.5 Å². The van der Waals surface area contributed by atoms with Crippen LogP contribution in [0, 0.1) is 0 Å². The van der Waals surface area contributed by atoms with E-state index in [1.54, 1.807) is 11.3 Å². The third-order valence-electron chi connectivity index (χ3n) is 3.37. The van der Waals surface area contributed by atoms with Crippen LogP contribution in [-0.4, -0.2) is 11.4 Å². The van der Waals surface area contributed by atoms with Crippen molar-refractivity contribution in [2.75, 3.05) is 12.3 Å². The molecule has 0 saturated carbocycles. The minimum atomic E-state index is 0.942. The number of hydrogen-bond acceptors (Lipinski definition) is 3. The Morgan fingerprint density at radius 3 is 3.06 bits per heavy atom. The van der Waals surface area contributed by atoms with Crippen LogP contribution in [0.15, 0.2) is 35.0 Å². The quantitative estimate of drug-likeness (QED) is 0.823. The van der Waals surface area contributed by atoms with Gasteiger partial charge in [-0.25, -0.2) is 0 Å². The van der Waals surface area contributed by atoms with E-state index in [1.807, 2.05) is 6.07 Å². The van der Waals surface area contributed by atoms with E-state index in [2.05, 4.69) is 33.9 Å². The number of nitrogens with zero attached hydrogens (tertiary/aromatic N) is 1. The average Bonchev–Trinajstić information content (AvgIpc) is 2.83. The highest BCUT2D eigenvalue weighted by molar-refractivity contribution is 7.07. The first kappa shape index (κ1) is 10.8. The first-order valence-corrected chi connectivity index (χ1v) is 6.87. The van der Waals surface area contributed by atoms with Crippen molar-refractivity contribution in [2.24, 2.45) is 0 Å². The van der Waals surface area contributed by atoms with Gasteiger partial charge in [0.15, 0.2) is 0 Å². The van der Waals surface area contributed by atoms with E-state index in [4.69, 9.17) is 5.73 Å². The lowest BCUT2D eigenvalue weighted by atomic mass is 9.98. The van der Waals surface area contributed by atoms with Crippen LogP contribution in [0.4, 0.5) is 5.69 Å². The van der Waals surface area contributed by atoms with Crippen LogP contribution in [-0.2, 0) is 19.5 Å². The second-order valence-electron chi connectivity index (χ2n) is 4.58. The van der Waals surface area contributed by atoms with Gasteiger partial charge in [0.2, 0.25) is 0 Å². The van der Waals surface area contributed by atoms with Crippen LogP contribution < -0.4 is 5.73 Å². The number of rotatable bonds is 2. The lowest BCUT2D eigenvalue weighted by molar-refractivity contribution is 0.246. The molecule has 17 heavy (non-hydrogen) atoms. The maximum absolute atomic E-state index is 6.05. The minimum absolute atomic E-state index is 0.942. The number of hydrogen-bond donors (Lipinski definition) is 1. The zero-order chi connectivity index (χ0) is 11.7. The van der Waals surface area contributed by atoms with Gasteiger partial charge in [0.05, 0.1) is 0 Å². The molecule has 2 nitrogen and oxygen atoms in total. The van der Waals surface area contributed by atoms with Crippen molar-refractivity contribution in [1.29, 1.82) is 0 Å². The van der Waals surface area contributed by atoms with E-state index in [0.717, 1.165) is 31.7 Å². The molecular formula is C14H16N2S. The Hall–Kier alpha value is -1.32. The SMILES string of the molecule is Nc1cccc2c1CN(Cc1ccsc1)CC2. The highest BCUT2D eigenvalue weighted by Gasteiger charge is 2.17. The van der Waals surface area contributed by atoms with Crippen LogP contribution in [0.3, 0.4) is 0 Å². The van der Waals surface area contributed by atoms with Gasteiger partial charge in [-0.1, -0.05) is 12.1 Å². The minimum Gasteiger partial charge on any atom is -0.398 e. The second kappa shape index (κ2) is 4.51. The summed E-state index contributed by atoms with van der Waals surface area (Å²) in [6.45, 7) is 3.15. The van der Waals surface area contributed by atoms with E-state index in [0.29, 0.717) is 0 Å². The van der Waals surface area contributed by atoms with E-state index in [9.17, 15) is 0 Å². The molecule has 1 aliphatic rings. The zero-order valence-corrected chi connectivity index (χ0v) is 10.5. The molecule has 0 saturated heterocycles. The molecule has 3 rings (SSSR count). The van der Waals surface area contributed by atoms with Gasteiger partial charge in [-0.3, -0.25) is 4.90 Å². The largest absolute Gasteiger partial charge is 0.398 e. The van der Waals surface area contributed by atoms with Gasteiger partial charge in [-0.05, 0) is 46.0 Å². The molecule has 2 aromatic rings. The molecule has 1 aromatic carbocycles. The summed E-state index contributed by atoms with van der Waals surface area (Å²) >= 11 is 1.77. The summed E-state index contributed by atoms with van der Waals surface area (Å²) in [6, 6.07) is 8.47. The smallest absolute Gasteiger partial charge is 0.0362 e. The Bertz CT molecular complexity index is 505. The van der Waals surface area contributed by atoms with Gasteiger partial charge in [0, 0.05) is 25.3 Å². The third-order valence-corrected chi connectivity index (χ3v) is 4.11. The van der Waals surface area contributed by atoms with Crippen molar-refractivity contribution >= 4 is 17.0 Å². The molecule has 0 aliphatic carbocycles. The van der Waals surface area contributed by atoms with Crippen LogP contribution in [0.1, 0.15) is 16.7 Å². The van der Waals surface area contributed by atoms with E-state index < -0.39 is 0 Å². The Balaban J connectivity index is 1.78. The highest BCUT2D eigenvalue weighted by Crippen LogP contribution is 2.25. The number of fused-ring (bicyclic) bond motifs is 1. The first-order valence-electron chi connectivity index (χ1n) is 5.92. The number of thiophene rings is 1. The summed E-state index contributed by atoms with van der Waals surface area (Å²) in [5.74, 6) is 0. The number of anilines is 1. The molecule has 1 aliphatic heterocycles. The summed E-state index contributed by atoms with van der Waals surface area (Å²) in [7, 11) is 0. The van der Waals surface area contributed by atoms with Crippen LogP contribution in [0.2, 0.25) is 0 Å². The maximum Gasteiger partial charge on any atom is 0.0362 e. The van der Waals surface area contributed by atoms with Crippen molar-refractivity contribution in [3.8, 4) is 0 Å². The van der Waals surface area contributed by atoms with Crippen molar-refractivity contribution in [3.63, 3.8) is 0 Å². The molecule has 3 heteroatoms. The predicted molar refractivity (Wildman–Crippen MR) is 73.0 cm³/mol. The molecule has 0 radical (unpaired) electrons. The van der Waals surface area contributed by atoms with E-state index in [-0.39, 0.29) is 0 Å². The maximum atomic E-state index is 6.05. The molecule has 0 spiro atoms. The summed E-state index contributed by atoms with van der Waals surface area (Å²) in [5, 5.41) is 4.37. The van der Waals surface area contributed by atoms with E-state index in [1.165, 1.54) is 16.7 Å². The normalized spacial score (nSPS) is 15.8. The molecule has 0 atom stereocenters. The molecule has 0 unspecified atom stereocenters. The molecule has 88 valence electrons. The second-order valence-corrected chi connectivity index (χ2v) is 5.36. The van der Waals surface area contributed by atoms with Gasteiger partial charge in [-0.2, -0.15) is 11.3 Å². The predicted octanol–water partition coefficient (Wildman–Crippen LogP) is 2.89. The van der Waals surface area contributed by atoms with Gasteiger partial charge in [-0.15, -0.1) is 0 Å². The fraction of sp³-hybridized carbons (Fsp3) is 0.286. The summed E-state index contributed by atoms with van der Waals surface area (Å²) in [4.78, 5) is 2.47. The monoisotopic (exact) mass is 244 g/mol. The fourth-order valence-corrected chi connectivity index (χ4v) is 3.10. The first-order chi connectivity index (χ1) is 8.33. The summed E-state index contributed by atoms with van der Waals surface area (Å²) < 4.78 is 0. The lowest BCUT2D eigenvalue weighted by Crippen LogP contribution is -2.30. The zero-order valence-electron chi connectivity index (χ0n) is 9.73. The average molecular weight is 244 g/mol. The highest BCUT2D eigenvalue weighted by atomic mass is 32.1. The summed E-state index contributed by atoms with van der Waals surface area (Å²) in [5.41, 5.74) is 11.2. The summed E-state index contributed by atoms with van der Waals surface area (Å²) in [6.07, 6.45) is 1.12. The van der Waals surface area contributed by atoms with Crippen LogP contribution >= 0.6 is 11.3 Å². The Kier molecular flexibility index (Phi) is 2.87. The molecule has 1 aromatic heterocycles. The van der Waals surface area contributed by atoms with Crippen molar-refractivity contribution in [3.05, 3.63) is 51.7 Å². The Morgan fingerprint density at radius 2 is 2.24 bits per heavy atom. The van der Waals surface area contributed by atoms with Gasteiger partial charge >= 0.3 is 0 Å². The molecule has 2 heterocycles. The molecule has 0 fully saturated rings. The van der Waals surface area contributed by atoms with E-state index >= 15 is 0 Å². The Morgan fingerprint density at radius 1 is 1.29 bits per heavy atom. The van der Waals surface area contributed by atoms with Gasteiger partial charge in [0.1, 0.15) is 0 Å². The topological polar surface area (TPSA) is 29.3 Å². The fourth-order valence-electron chi connectivity index (χ4n) is 2.44. The molecule has 0 bridgehead atoms. The van der Waals surface area contributed by atoms with Crippen molar-refractivity contribution < 1.29 is 0 Å². The molecule has 2 N–H and O–H groups in total. The lowest BCUT2D eigenvalue weighted by Gasteiger charge is -2.29. The van der Waals surface area contributed by atoms with Crippen LogP contribution in [0.25, 0.3) is 0 Å². The third kappa shape index (κ3) is 2.21. The van der Waals surface area contributed by atoms with Crippen LogP contribution in [0.5, 0.6) is 0 Å². The van der Waals surface area contributed by atoms with Crippen molar-refractivity contribution in [1.82, 2.24) is 4.90 Å². The number of nitrogens with two attached hydrogens (primary N) is 1. The molecular weight excluding hydrogens is 228 g/mol. The standard InChI is InChI=1S/C14H16N2S/c15-14-3-1-2-12-4-6-16(9-13(12)14)8-11-5-7-17-10-11/h1-3,5,7,10H,4,6,8-9,15H2.